The van der Waals surface area contributed by atoms with Crippen molar-refractivity contribution < 1.29 is 32.2 Å². The van der Waals surface area contributed by atoms with Gasteiger partial charge in [-0.15, -0.1) is 0 Å². The Morgan fingerprint density at radius 1 is 0.923 bits per heavy atom. The minimum absolute atomic E-state index is 0.200. The lowest BCUT2D eigenvalue weighted by Gasteiger charge is -2.37. The average molecular weight is 380 g/mol. The molecule has 0 spiro atoms. The van der Waals surface area contributed by atoms with Gasteiger partial charge in [0.15, 0.2) is 0 Å². The van der Waals surface area contributed by atoms with Gasteiger partial charge in [-0.2, -0.15) is 8.78 Å². The number of esters is 1. The molecule has 0 N–H and O–H groups in total. The van der Waals surface area contributed by atoms with Gasteiger partial charge in [0.2, 0.25) is 0 Å². The lowest BCUT2D eigenvalue weighted by molar-refractivity contribution is -0.316. The molecule has 0 radical (unpaired) electrons. The molecular formula is C19H31F3O4. The molecule has 0 unspecified atom stereocenters. The van der Waals surface area contributed by atoms with Crippen LogP contribution in [0.15, 0.2) is 0 Å². The van der Waals surface area contributed by atoms with Crippen LogP contribution in [0.25, 0.3) is 0 Å². The van der Waals surface area contributed by atoms with Crippen LogP contribution in [0.4, 0.5) is 13.2 Å². The highest BCUT2D eigenvalue weighted by Gasteiger charge is 2.34. The normalized spacial score (nSPS) is 29.7. The zero-order valence-electron chi connectivity index (χ0n) is 15.3. The van der Waals surface area contributed by atoms with E-state index in [1.165, 1.54) is 32.1 Å². The third kappa shape index (κ3) is 7.43. The molecule has 0 atom stereocenters. The fourth-order valence-corrected chi connectivity index (χ4v) is 3.99. The van der Waals surface area contributed by atoms with Crippen molar-refractivity contribution in [3.05, 3.63) is 0 Å². The van der Waals surface area contributed by atoms with Crippen molar-refractivity contribution in [3.8, 4) is 0 Å². The van der Waals surface area contributed by atoms with E-state index < -0.39 is 18.9 Å². The molecule has 0 amide bonds. The van der Waals surface area contributed by atoms with Crippen LogP contribution >= 0.6 is 0 Å². The summed E-state index contributed by atoms with van der Waals surface area (Å²) in [5.41, 5.74) is 0. The Kier molecular flexibility index (Phi) is 9.75. The van der Waals surface area contributed by atoms with Crippen molar-refractivity contribution in [1.29, 1.82) is 0 Å². The van der Waals surface area contributed by atoms with Crippen molar-refractivity contribution in [2.45, 2.75) is 77.1 Å². The lowest BCUT2D eigenvalue weighted by Crippen LogP contribution is -2.40. The minimum Gasteiger partial charge on any atom is -0.406 e. The van der Waals surface area contributed by atoms with E-state index in [1.807, 2.05) is 0 Å². The number of alkyl halides is 3. The molecule has 4 nitrogen and oxygen atoms in total. The topological polar surface area (TPSA) is 44.8 Å². The first-order valence-corrected chi connectivity index (χ1v) is 9.88. The fourth-order valence-electron chi connectivity index (χ4n) is 3.99. The van der Waals surface area contributed by atoms with Gasteiger partial charge in [-0.3, -0.25) is 4.39 Å². The Morgan fingerprint density at radius 2 is 1.54 bits per heavy atom. The molecule has 1 heterocycles. The molecule has 1 saturated carbocycles. The smallest absolute Gasteiger partial charge is 0.377 e. The molecule has 7 heteroatoms. The van der Waals surface area contributed by atoms with Crippen molar-refractivity contribution in [3.63, 3.8) is 0 Å². The Labute approximate surface area is 153 Å². The molecular weight excluding hydrogens is 349 g/mol. The molecule has 2 aliphatic rings. The zero-order valence-corrected chi connectivity index (χ0v) is 15.3. The van der Waals surface area contributed by atoms with Gasteiger partial charge in [-0.1, -0.05) is 44.9 Å². The summed E-state index contributed by atoms with van der Waals surface area (Å²) in [6.07, 6.45) is 8.01. The maximum absolute atomic E-state index is 12.2. The number of halogens is 3. The molecule has 1 aliphatic heterocycles. The SMILES string of the molecule is O=C(OC1OCC(C2CCC(CCCCCCCF)CC2)CO1)C(F)F. The van der Waals surface area contributed by atoms with Gasteiger partial charge < -0.3 is 14.2 Å². The number of carbonyl (C=O) groups excluding carboxylic acids is 1. The van der Waals surface area contributed by atoms with E-state index >= 15 is 0 Å². The van der Waals surface area contributed by atoms with E-state index in [4.69, 9.17) is 9.47 Å². The summed E-state index contributed by atoms with van der Waals surface area (Å²) in [5.74, 6) is -0.0862. The highest BCUT2D eigenvalue weighted by atomic mass is 19.3. The Morgan fingerprint density at radius 3 is 2.15 bits per heavy atom. The Balaban J connectivity index is 1.55. The molecule has 1 saturated heterocycles. The van der Waals surface area contributed by atoms with Crippen molar-refractivity contribution in [2.75, 3.05) is 19.9 Å². The number of hydrogen-bond acceptors (Lipinski definition) is 4. The van der Waals surface area contributed by atoms with Crippen LogP contribution in [-0.2, 0) is 19.0 Å². The monoisotopic (exact) mass is 380 g/mol. The van der Waals surface area contributed by atoms with E-state index in [0.29, 0.717) is 25.6 Å². The van der Waals surface area contributed by atoms with Gasteiger partial charge in [0.25, 0.3) is 0 Å². The maximum Gasteiger partial charge on any atom is 0.377 e. The second-order valence-electron chi connectivity index (χ2n) is 7.48. The molecule has 2 rings (SSSR count). The molecule has 0 aromatic carbocycles. The average Bonchev–Trinajstić information content (AvgIpc) is 2.65. The quantitative estimate of drug-likeness (QED) is 0.401. The summed E-state index contributed by atoms with van der Waals surface area (Å²) in [6.45, 7) is -0.744. The highest BCUT2D eigenvalue weighted by Crippen LogP contribution is 2.37. The first kappa shape index (κ1) is 21.5. The van der Waals surface area contributed by atoms with Crippen LogP contribution < -0.4 is 0 Å². The van der Waals surface area contributed by atoms with Crippen LogP contribution in [0.3, 0.4) is 0 Å². The molecule has 0 aromatic heterocycles. The summed E-state index contributed by atoms with van der Waals surface area (Å²) in [4.78, 5) is 10.8. The van der Waals surface area contributed by atoms with Crippen molar-refractivity contribution in [2.24, 2.45) is 17.8 Å². The fraction of sp³-hybridized carbons (Fsp3) is 0.947. The van der Waals surface area contributed by atoms with Crippen molar-refractivity contribution in [1.82, 2.24) is 0 Å². The van der Waals surface area contributed by atoms with Crippen LogP contribution in [0.5, 0.6) is 0 Å². The van der Waals surface area contributed by atoms with Gasteiger partial charge in [-0.25, -0.2) is 4.79 Å². The van der Waals surface area contributed by atoms with Crippen LogP contribution in [0.2, 0.25) is 0 Å². The van der Waals surface area contributed by atoms with Gasteiger partial charge in [0, 0.05) is 5.92 Å². The van der Waals surface area contributed by atoms with Crippen molar-refractivity contribution >= 4 is 5.97 Å². The van der Waals surface area contributed by atoms with Gasteiger partial charge in [0.05, 0.1) is 19.9 Å². The summed E-state index contributed by atoms with van der Waals surface area (Å²) < 4.78 is 51.3. The van der Waals surface area contributed by atoms with Gasteiger partial charge in [-0.05, 0) is 31.1 Å². The number of hydrogen-bond donors (Lipinski definition) is 0. The van der Waals surface area contributed by atoms with E-state index in [1.54, 1.807) is 0 Å². The second kappa shape index (κ2) is 11.8. The Bertz CT molecular complexity index is 392. The van der Waals surface area contributed by atoms with Crippen LogP contribution in [0, 0.1) is 17.8 Å². The first-order chi connectivity index (χ1) is 12.6. The van der Waals surface area contributed by atoms with Crippen LogP contribution in [0.1, 0.15) is 64.2 Å². The number of carbonyl (C=O) groups is 1. The zero-order chi connectivity index (χ0) is 18.8. The third-order valence-electron chi connectivity index (χ3n) is 5.59. The summed E-state index contributed by atoms with van der Waals surface area (Å²) in [7, 11) is 0. The van der Waals surface area contributed by atoms with Gasteiger partial charge in [0.1, 0.15) is 0 Å². The molecule has 0 bridgehead atoms. The number of ether oxygens (including phenoxy) is 3. The first-order valence-electron chi connectivity index (χ1n) is 9.88. The summed E-state index contributed by atoms with van der Waals surface area (Å²) in [5, 5.41) is 0. The molecule has 2 fully saturated rings. The minimum atomic E-state index is -3.17. The Hall–Kier alpha value is -0.820. The highest BCUT2D eigenvalue weighted by molar-refractivity contribution is 5.72. The number of unbranched alkanes of at least 4 members (excludes halogenated alkanes) is 4. The molecule has 26 heavy (non-hydrogen) atoms. The maximum atomic E-state index is 12.2. The molecule has 152 valence electrons. The third-order valence-corrected chi connectivity index (χ3v) is 5.59. The van der Waals surface area contributed by atoms with E-state index in [2.05, 4.69) is 4.74 Å². The van der Waals surface area contributed by atoms with Crippen LogP contribution in [-0.4, -0.2) is 38.8 Å². The summed E-state index contributed by atoms with van der Waals surface area (Å²) in [6, 6.07) is 0. The van der Waals surface area contributed by atoms with Gasteiger partial charge >= 0.3 is 18.9 Å². The largest absolute Gasteiger partial charge is 0.406 e. The second-order valence-corrected chi connectivity index (χ2v) is 7.48. The predicted octanol–water partition coefficient (Wildman–Crippen LogP) is 4.86. The standard InChI is InChI=1S/C19H31F3O4/c20-11-5-3-1-2-4-6-14-7-9-15(10-8-14)16-12-24-19(25-13-16)26-18(23)17(21)22/h14-17,19H,1-13H2. The van der Waals surface area contributed by atoms with E-state index in [0.717, 1.165) is 31.6 Å². The van der Waals surface area contributed by atoms with E-state index in [-0.39, 0.29) is 12.6 Å². The van der Waals surface area contributed by atoms with E-state index in [9.17, 15) is 18.0 Å². The number of rotatable bonds is 10. The predicted molar refractivity (Wildman–Crippen MR) is 90.4 cm³/mol. The molecule has 0 aromatic rings. The summed E-state index contributed by atoms with van der Waals surface area (Å²) >= 11 is 0. The molecule has 1 aliphatic carbocycles. The lowest BCUT2D eigenvalue weighted by atomic mass is 9.74.